The largest absolute Gasteiger partial charge is 0.370 e. The van der Waals surface area contributed by atoms with Gasteiger partial charge in [-0.1, -0.05) is 6.07 Å². The van der Waals surface area contributed by atoms with Crippen LogP contribution in [-0.4, -0.2) is 30.5 Å². The van der Waals surface area contributed by atoms with Gasteiger partial charge in [0.15, 0.2) is 0 Å². The lowest BCUT2D eigenvalue weighted by atomic mass is 9.98. The van der Waals surface area contributed by atoms with Gasteiger partial charge in [-0.2, -0.15) is 0 Å². The molecule has 0 radical (unpaired) electrons. The molecule has 1 aliphatic heterocycles. The van der Waals surface area contributed by atoms with Gasteiger partial charge < -0.3 is 16.4 Å². The van der Waals surface area contributed by atoms with Gasteiger partial charge in [0.2, 0.25) is 0 Å². The van der Waals surface area contributed by atoms with Crippen molar-refractivity contribution in [3.8, 4) is 0 Å². The molecule has 0 aromatic carbocycles. The Labute approximate surface area is 101 Å². The molecule has 5 heteroatoms. The number of carbonyl (C=O) groups excluding carboxylic acids is 1. The molecule has 5 nitrogen and oxygen atoms in total. The minimum atomic E-state index is -0.490. The maximum atomic E-state index is 11.0. The van der Waals surface area contributed by atoms with E-state index in [2.05, 4.69) is 15.6 Å². The van der Waals surface area contributed by atoms with Gasteiger partial charge in [0, 0.05) is 6.54 Å². The van der Waals surface area contributed by atoms with Crippen molar-refractivity contribution < 1.29 is 4.79 Å². The highest BCUT2D eigenvalue weighted by Crippen LogP contribution is 2.13. The summed E-state index contributed by atoms with van der Waals surface area (Å²) in [6.07, 6.45) is 2.37. The zero-order valence-corrected chi connectivity index (χ0v) is 9.78. The number of aromatic nitrogens is 1. The third-order valence-electron chi connectivity index (χ3n) is 3.03. The van der Waals surface area contributed by atoms with Gasteiger partial charge in [-0.15, -0.1) is 0 Å². The second-order valence-corrected chi connectivity index (χ2v) is 4.35. The zero-order chi connectivity index (χ0) is 12.1. The molecule has 1 aliphatic rings. The molecule has 0 spiro atoms. The van der Waals surface area contributed by atoms with Crippen LogP contribution < -0.4 is 16.4 Å². The average molecular weight is 234 g/mol. The van der Waals surface area contributed by atoms with Gasteiger partial charge in [0.1, 0.15) is 11.5 Å². The Balaban J connectivity index is 1.89. The van der Waals surface area contributed by atoms with Crippen molar-refractivity contribution in [1.82, 2.24) is 10.3 Å². The first kappa shape index (κ1) is 11.9. The normalized spacial score (nSPS) is 16.7. The molecule has 2 rings (SSSR count). The van der Waals surface area contributed by atoms with Crippen LogP contribution in [0.25, 0.3) is 0 Å². The van der Waals surface area contributed by atoms with E-state index < -0.39 is 5.91 Å². The predicted octanol–water partition coefficient (Wildman–Crippen LogP) is 0.592. The number of amides is 1. The van der Waals surface area contributed by atoms with Crippen molar-refractivity contribution in [3.05, 3.63) is 23.9 Å². The Morgan fingerprint density at radius 2 is 2.24 bits per heavy atom. The van der Waals surface area contributed by atoms with Gasteiger partial charge in [-0.05, 0) is 44.0 Å². The maximum absolute atomic E-state index is 11.0. The quantitative estimate of drug-likeness (QED) is 0.712. The second-order valence-electron chi connectivity index (χ2n) is 4.35. The minimum Gasteiger partial charge on any atom is -0.370 e. The van der Waals surface area contributed by atoms with E-state index in [0.29, 0.717) is 11.6 Å². The highest BCUT2D eigenvalue weighted by molar-refractivity contribution is 5.91. The number of nitrogens with two attached hydrogens (primary N) is 1. The van der Waals surface area contributed by atoms with Crippen LogP contribution in [-0.2, 0) is 0 Å². The van der Waals surface area contributed by atoms with Crippen LogP contribution in [0.3, 0.4) is 0 Å². The number of pyridine rings is 1. The highest BCUT2D eigenvalue weighted by Gasteiger charge is 2.12. The Morgan fingerprint density at radius 1 is 1.47 bits per heavy atom. The predicted molar refractivity (Wildman–Crippen MR) is 66.8 cm³/mol. The molecule has 1 saturated heterocycles. The molecule has 0 aliphatic carbocycles. The van der Waals surface area contributed by atoms with Crippen LogP contribution in [0.5, 0.6) is 0 Å². The van der Waals surface area contributed by atoms with E-state index in [1.165, 1.54) is 12.8 Å². The number of rotatable bonds is 4. The van der Waals surface area contributed by atoms with E-state index in [0.717, 1.165) is 25.5 Å². The first-order chi connectivity index (χ1) is 8.25. The Bertz CT molecular complexity index is 388. The summed E-state index contributed by atoms with van der Waals surface area (Å²) in [7, 11) is 0. The molecule has 17 heavy (non-hydrogen) atoms. The summed E-state index contributed by atoms with van der Waals surface area (Å²) in [5.74, 6) is 0.908. The molecule has 0 atom stereocenters. The van der Waals surface area contributed by atoms with Crippen LogP contribution in [0, 0.1) is 5.92 Å². The van der Waals surface area contributed by atoms with Gasteiger partial charge in [0.05, 0.1) is 0 Å². The lowest BCUT2D eigenvalue weighted by Gasteiger charge is -2.22. The fraction of sp³-hybridized carbons (Fsp3) is 0.500. The number of piperidine rings is 1. The van der Waals surface area contributed by atoms with Crippen LogP contribution in [0.1, 0.15) is 23.3 Å². The molecule has 1 amide bonds. The molecular formula is C12H18N4O. The van der Waals surface area contributed by atoms with Crippen molar-refractivity contribution in [1.29, 1.82) is 0 Å². The van der Waals surface area contributed by atoms with Crippen molar-refractivity contribution in [2.75, 3.05) is 25.0 Å². The topological polar surface area (TPSA) is 80.0 Å². The summed E-state index contributed by atoms with van der Waals surface area (Å²) in [5.41, 5.74) is 5.49. The lowest BCUT2D eigenvalue weighted by molar-refractivity contribution is 0.0995. The molecule has 92 valence electrons. The Kier molecular flexibility index (Phi) is 3.93. The molecule has 0 saturated carbocycles. The number of nitrogens with one attached hydrogen (secondary N) is 2. The van der Waals surface area contributed by atoms with E-state index in [4.69, 9.17) is 5.73 Å². The van der Waals surface area contributed by atoms with Crippen LogP contribution >= 0.6 is 0 Å². The number of primary amides is 1. The molecular weight excluding hydrogens is 216 g/mol. The molecule has 0 bridgehead atoms. The molecule has 2 heterocycles. The van der Waals surface area contributed by atoms with Gasteiger partial charge in [-0.3, -0.25) is 4.79 Å². The van der Waals surface area contributed by atoms with E-state index in [-0.39, 0.29) is 0 Å². The smallest absolute Gasteiger partial charge is 0.267 e. The standard InChI is InChI=1S/C12H18N4O/c13-12(17)10-2-1-3-11(16-10)15-8-9-4-6-14-7-5-9/h1-3,9,14H,4-8H2,(H2,13,17)(H,15,16). The number of carbonyl (C=O) groups is 1. The molecule has 1 aromatic heterocycles. The van der Waals surface area contributed by atoms with Crippen LogP contribution in [0.4, 0.5) is 5.82 Å². The summed E-state index contributed by atoms with van der Waals surface area (Å²) in [6.45, 7) is 3.07. The summed E-state index contributed by atoms with van der Waals surface area (Å²) in [5, 5.41) is 6.60. The maximum Gasteiger partial charge on any atom is 0.267 e. The third-order valence-corrected chi connectivity index (χ3v) is 3.03. The van der Waals surface area contributed by atoms with E-state index >= 15 is 0 Å². The molecule has 0 unspecified atom stereocenters. The number of anilines is 1. The highest BCUT2D eigenvalue weighted by atomic mass is 16.1. The van der Waals surface area contributed by atoms with E-state index in [1.54, 1.807) is 12.1 Å². The molecule has 1 aromatic rings. The number of hydrogen-bond acceptors (Lipinski definition) is 4. The summed E-state index contributed by atoms with van der Waals surface area (Å²) < 4.78 is 0. The van der Waals surface area contributed by atoms with Crippen molar-refractivity contribution in [3.63, 3.8) is 0 Å². The van der Waals surface area contributed by atoms with E-state index in [1.807, 2.05) is 6.07 Å². The fourth-order valence-corrected chi connectivity index (χ4v) is 2.01. The monoisotopic (exact) mass is 234 g/mol. The van der Waals surface area contributed by atoms with Crippen molar-refractivity contribution in [2.24, 2.45) is 11.7 Å². The second kappa shape index (κ2) is 5.63. The van der Waals surface area contributed by atoms with Crippen molar-refractivity contribution in [2.45, 2.75) is 12.8 Å². The summed E-state index contributed by atoms with van der Waals surface area (Å²) in [4.78, 5) is 15.1. The zero-order valence-electron chi connectivity index (χ0n) is 9.78. The first-order valence-corrected chi connectivity index (χ1v) is 5.97. The minimum absolute atomic E-state index is 0.306. The lowest BCUT2D eigenvalue weighted by Crippen LogP contribution is -2.31. The van der Waals surface area contributed by atoms with Gasteiger partial charge >= 0.3 is 0 Å². The number of nitrogens with zero attached hydrogens (tertiary/aromatic N) is 1. The average Bonchev–Trinajstić information content (AvgIpc) is 2.38. The van der Waals surface area contributed by atoms with E-state index in [9.17, 15) is 4.79 Å². The van der Waals surface area contributed by atoms with Crippen LogP contribution in [0.2, 0.25) is 0 Å². The SMILES string of the molecule is NC(=O)c1cccc(NCC2CCNCC2)n1. The molecule has 1 fully saturated rings. The summed E-state index contributed by atoms with van der Waals surface area (Å²) >= 11 is 0. The summed E-state index contributed by atoms with van der Waals surface area (Å²) in [6, 6.07) is 5.27. The Hall–Kier alpha value is -1.62. The first-order valence-electron chi connectivity index (χ1n) is 5.97. The Morgan fingerprint density at radius 3 is 2.94 bits per heavy atom. The van der Waals surface area contributed by atoms with Gasteiger partial charge in [-0.25, -0.2) is 4.98 Å². The molecule has 4 N–H and O–H groups in total. The number of hydrogen-bond donors (Lipinski definition) is 3. The fourth-order valence-electron chi connectivity index (χ4n) is 2.01. The van der Waals surface area contributed by atoms with Crippen LogP contribution in [0.15, 0.2) is 18.2 Å². The van der Waals surface area contributed by atoms with Gasteiger partial charge in [0.25, 0.3) is 5.91 Å². The third kappa shape index (κ3) is 3.42. The van der Waals surface area contributed by atoms with Crippen molar-refractivity contribution >= 4 is 11.7 Å².